The van der Waals surface area contributed by atoms with E-state index in [-0.39, 0.29) is 6.54 Å². The lowest BCUT2D eigenvalue weighted by Gasteiger charge is -2.24. The third-order valence-corrected chi connectivity index (χ3v) is 3.85. The number of amides is 2. The largest absolute Gasteiger partial charge is 0.384 e. The monoisotopic (exact) mass is 336 g/mol. The standard InChI is InChI=1S/C19H20N4O2/c1-19(25,15-8-4-2-5-9-15)14-20-18(24)22-16-12-21-23(13-16)17-10-6-3-7-11-17/h2-13,25H,14H2,1H3,(H2,20,22,24)/t19-/m1/s1. The molecule has 0 aliphatic carbocycles. The molecule has 0 fully saturated rings. The van der Waals surface area contributed by atoms with Crippen molar-refractivity contribution in [2.75, 3.05) is 11.9 Å². The molecule has 1 atom stereocenters. The molecule has 3 N–H and O–H groups in total. The summed E-state index contributed by atoms with van der Waals surface area (Å²) in [6.45, 7) is 1.76. The van der Waals surface area contributed by atoms with Crippen molar-refractivity contribution >= 4 is 11.7 Å². The molecule has 128 valence electrons. The van der Waals surface area contributed by atoms with E-state index in [1.54, 1.807) is 24.0 Å². The fraction of sp³-hybridized carbons (Fsp3) is 0.158. The molecule has 2 aromatic carbocycles. The van der Waals surface area contributed by atoms with Crippen LogP contribution >= 0.6 is 0 Å². The number of urea groups is 1. The van der Waals surface area contributed by atoms with Crippen molar-refractivity contribution in [2.45, 2.75) is 12.5 Å². The lowest BCUT2D eigenvalue weighted by atomic mass is 9.96. The smallest absolute Gasteiger partial charge is 0.319 e. The van der Waals surface area contributed by atoms with Crippen LogP contribution in [0.4, 0.5) is 10.5 Å². The van der Waals surface area contributed by atoms with E-state index in [9.17, 15) is 9.90 Å². The molecule has 0 radical (unpaired) electrons. The van der Waals surface area contributed by atoms with E-state index in [1.165, 1.54) is 0 Å². The van der Waals surface area contributed by atoms with Crippen molar-refractivity contribution in [1.82, 2.24) is 15.1 Å². The van der Waals surface area contributed by atoms with Gasteiger partial charge in [-0.05, 0) is 24.6 Å². The number of nitrogens with one attached hydrogen (secondary N) is 2. The molecule has 0 bridgehead atoms. The second kappa shape index (κ2) is 7.19. The van der Waals surface area contributed by atoms with Crippen molar-refractivity contribution in [3.05, 3.63) is 78.6 Å². The molecule has 0 aliphatic rings. The van der Waals surface area contributed by atoms with E-state index in [0.717, 1.165) is 11.3 Å². The number of hydrogen-bond acceptors (Lipinski definition) is 3. The van der Waals surface area contributed by atoms with Gasteiger partial charge in [0, 0.05) is 0 Å². The van der Waals surface area contributed by atoms with E-state index in [0.29, 0.717) is 5.69 Å². The highest BCUT2D eigenvalue weighted by atomic mass is 16.3. The maximum absolute atomic E-state index is 12.1. The quantitative estimate of drug-likeness (QED) is 0.670. The minimum absolute atomic E-state index is 0.0929. The van der Waals surface area contributed by atoms with E-state index >= 15 is 0 Å². The first kappa shape index (κ1) is 16.7. The maximum Gasteiger partial charge on any atom is 0.319 e. The Morgan fingerprint density at radius 2 is 1.76 bits per heavy atom. The fourth-order valence-electron chi connectivity index (χ4n) is 2.44. The van der Waals surface area contributed by atoms with Crippen molar-refractivity contribution in [1.29, 1.82) is 0 Å². The van der Waals surface area contributed by atoms with Crippen LogP contribution in [0.3, 0.4) is 0 Å². The van der Waals surface area contributed by atoms with Crippen molar-refractivity contribution in [3.8, 4) is 5.69 Å². The number of carbonyl (C=O) groups excluding carboxylic acids is 1. The molecule has 0 saturated heterocycles. The third kappa shape index (κ3) is 4.24. The summed E-state index contributed by atoms with van der Waals surface area (Å²) in [4.78, 5) is 12.1. The highest BCUT2D eigenvalue weighted by Crippen LogP contribution is 2.19. The lowest BCUT2D eigenvalue weighted by Crippen LogP contribution is -2.40. The second-order valence-corrected chi connectivity index (χ2v) is 5.96. The molecule has 25 heavy (non-hydrogen) atoms. The molecule has 0 spiro atoms. The number of rotatable bonds is 5. The minimum atomic E-state index is -1.15. The van der Waals surface area contributed by atoms with Crippen LogP contribution in [0.25, 0.3) is 5.69 Å². The Balaban J connectivity index is 1.57. The van der Waals surface area contributed by atoms with E-state index in [1.807, 2.05) is 60.7 Å². The summed E-state index contributed by atoms with van der Waals surface area (Å²) < 4.78 is 1.68. The second-order valence-electron chi connectivity index (χ2n) is 5.96. The number of para-hydroxylation sites is 1. The molecule has 1 heterocycles. The lowest BCUT2D eigenvalue weighted by molar-refractivity contribution is 0.0599. The number of anilines is 1. The number of aromatic nitrogens is 2. The number of benzene rings is 2. The summed E-state index contributed by atoms with van der Waals surface area (Å²) in [5.74, 6) is 0. The zero-order valence-corrected chi connectivity index (χ0v) is 13.9. The Kier molecular flexibility index (Phi) is 4.81. The van der Waals surface area contributed by atoms with Crippen molar-refractivity contribution < 1.29 is 9.90 Å². The predicted molar refractivity (Wildman–Crippen MR) is 96.6 cm³/mol. The molecule has 6 nitrogen and oxygen atoms in total. The number of nitrogens with zero attached hydrogens (tertiary/aromatic N) is 2. The average Bonchev–Trinajstić information content (AvgIpc) is 3.10. The fourth-order valence-corrected chi connectivity index (χ4v) is 2.44. The van der Waals surface area contributed by atoms with Gasteiger partial charge in [0.1, 0.15) is 5.60 Å². The third-order valence-electron chi connectivity index (χ3n) is 3.85. The first-order valence-electron chi connectivity index (χ1n) is 7.97. The Hall–Kier alpha value is -3.12. The zero-order chi connectivity index (χ0) is 17.7. The van der Waals surface area contributed by atoms with Crippen molar-refractivity contribution in [3.63, 3.8) is 0 Å². The Bertz CT molecular complexity index is 829. The number of hydrogen-bond donors (Lipinski definition) is 3. The van der Waals surface area contributed by atoms with Gasteiger partial charge in [-0.25, -0.2) is 9.48 Å². The van der Waals surface area contributed by atoms with E-state index in [4.69, 9.17) is 0 Å². The van der Waals surface area contributed by atoms with Crippen molar-refractivity contribution in [2.24, 2.45) is 0 Å². The normalized spacial score (nSPS) is 13.0. The van der Waals surface area contributed by atoms with Gasteiger partial charge in [-0.3, -0.25) is 0 Å². The summed E-state index contributed by atoms with van der Waals surface area (Å²) in [6, 6.07) is 18.4. The molecule has 0 saturated carbocycles. The minimum Gasteiger partial charge on any atom is -0.384 e. The van der Waals surface area contributed by atoms with Gasteiger partial charge in [0.2, 0.25) is 0 Å². The highest BCUT2D eigenvalue weighted by molar-refractivity contribution is 5.89. The van der Waals surface area contributed by atoms with Gasteiger partial charge in [0.05, 0.1) is 30.3 Å². The molecule has 3 rings (SSSR count). The predicted octanol–water partition coefficient (Wildman–Crippen LogP) is 2.90. The first-order chi connectivity index (χ1) is 12.0. The summed E-state index contributed by atoms with van der Waals surface area (Å²) in [5, 5.41) is 20.1. The Morgan fingerprint density at radius 3 is 2.44 bits per heavy atom. The molecule has 0 aliphatic heterocycles. The highest BCUT2D eigenvalue weighted by Gasteiger charge is 2.23. The first-order valence-corrected chi connectivity index (χ1v) is 7.97. The van der Waals surface area contributed by atoms with Gasteiger partial charge in [-0.1, -0.05) is 48.5 Å². The maximum atomic E-state index is 12.1. The van der Waals surface area contributed by atoms with Crippen LogP contribution < -0.4 is 10.6 Å². The van der Waals surface area contributed by atoms with Crippen LogP contribution in [-0.4, -0.2) is 27.5 Å². The molecular formula is C19H20N4O2. The van der Waals surface area contributed by atoms with Gasteiger partial charge in [0.25, 0.3) is 0 Å². The van der Waals surface area contributed by atoms with Crippen LogP contribution in [0.5, 0.6) is 0 Å². The molecule has 3 aromatic rings. The van der Waals surface area contributed by atoms with Crippen LogP contribution in [0, 0.1) is 0 Å². The summed E-state index contributed by atoms with van der Waals surface area (Å²) >= 11 is 0. The van der Waals surface area contributed by atoms with Gasteiger partial charge < -0.3 is 15.7 Å². The summed E-state index contributed by atoms with van der Waals surface area (Å²) in [5.41, 5.74) is 1.07. The molecule has 1 aromatic heterocycles. The van der Waals surface area contributed by atoms with E-state index in [2.05, 4.69) is 15.7 Å². The van der Waals surface area contributed by atoms with Crippen LogP contribution in [-0.2, 0) is 5.60 Å². The summed E-state index contributed by atoms with van der Waals surface area (Å²) in [7, 11) is 0. The van der Waals surface area contributed by atoms with Crippen LogP contribution in [0.1, 0.15) is 12.5 Å². The van der Waals surface area contributed by atoms with E-state index < -0.39 is 11.6 Å². The molecule has 2 amide bonds. The molecule has 0 unspecified atom stereocenters. The van der Waals surface area contributed by atoms with Gasteiger partial charge in [-0.2, -0.15) is 5.10 Å². The topological polar surface area (TPSA) is 79.2 Å². The molecular weight excluding hydrogens is 316 g/mol. The SMILES string of the molecule is C[C@@](O)(CNC(=O)Nc1cnn(-c2ccccc2)c1)c1ccccc1. The van der Waals surface area contributed by atoms with Crippen LogP contribution in [0.2, 0.25) is 0 Å². The average molecular weight is 336 g/mol. The van der Waals surface area contributed by atoms with Gasteiger partial charge in [0.15, 0.2) is 0 Å². The van der Waals surface area contributed by atoms with Gasteiger partial charge >= 0.3 is 6.03 Å². The Labute approximate surface area is 146 Å². The number of aliphatic hydroxyl groups is 1. The van der Waals surface area contributed by atoms with Gasteiger partial charge in [-0.15, -0.1) is 0 Å². The Morgan fingerprint density at radius 1 is 1.12 bits per heavy atom. The number of carbonyl (C=O) groups is 1. The zero-order valence-electron chi connectivity index (χ0n) is 13.9. The summed E-state index contributed by atoms with van der Waals surface area (Å²) in [6.07, 6.45) is 3.30. The molecule has 6 heteroatoms. The van der Waals surface area contributed by atoms with Crippen LogP contribution in [0.15, 0.2) is 73.1 Å².